The molecule has 24 nitrogen and oxygen atoms in total. The van der Waals surface area contributed by atoms with Crippen molar-refractivity contribution in [3.8, 4) is 0 Å². The number of nitrogens with zero attached hydrogens (tertiary/aromatic N) is 8. The van der Waals surface area contributed by atoms with E-state index in [4.69, 9.17) is 0 Å². The third-order valence-corrected chi connectivity index (χ3v) is 14.2. The highest BCUT2D eigenvalue weighted by atomic mass is 32.1. The van der Waals surface area contributed by atoms with Gasteiger partial charge in [-0.15, -0.1) is 0 Å². The molecule has 0 saturated heterocycles. The van der Waals surface area contributed by atoms with Crippen LogP contribution in [0.2, 0.25) is 0 Å². The van der Waals surface area contributed by atoms with Gasteiger partial charge in [0.15, 0.2) is 10.3 Å². The molecule has 8 N–H and O–H groups in total. The van der Waals surface area contributed by atoms with E-state index < -0.39 is 23.6 Å². The zero-order valence-corrected chi connectivity index (χ0v) is 46.3. The molecule has 0 bridgehead atoms. The second-order valence-electron chi connectivity index (χ2n) is 18.9. The molecule has 8 amide bonds. The fourth-order valence-electron chi connectivity index (χ4n) is 8.30. The minimum Gasteiger partial charge on any atom is -0.351 e. The van der Waals surface area contributed by atoms with Gasteiger partial charge in [-0.2, -0.15) is 0 Å². The lowest BCUT2D eigenvalue weighted by Gasteiger charge is -2.10. The molecule has 0 spiro atoms. The average molecular weight is 1100 g/mol. The maximum atomic E-state index is 14.0. The van der Waals surface area contributed by atoms with Crippen LogP contribution >= 0.6 is 22.7 Å². The predicted molar refractivity (Wildman–Crippen MR) is 299 cm³/mol. The third-order valence-electron chi connectivity index (χ3n) is 12.1. The second kappa shape index (κ2) is 27.7. The Kier molecular flexibility index (Phi) is 21.0. The van der Waals surface area contributed by atoms with Gasteiger partial charge in [0.2, 0.25) is 12.8 Å². The summed E-state index contributed by atoms with van der Waals surface area (Å²) >= 11 is 2.05. The maximum absolute atomic E-state index is 14.0. The highest BCUT2D eigenvalue weighted by Gasteiger charge is 2.23. The maximum Gasteiger partial charge on any atom is 0.272 e. The summed E-state index contributed by atoms with van der Waals surface area (Å²) in [6.07, 6.45) is 12.9. The molecule has 6 rings (SSSR count). The number of carbonyl (C=O) groups is 8. The smallest absolute Gasteiger partial charge is 0.272 e. The van der Waals surface area contributed by atoms with Crippen molar-refractivity contribution in [2.75, 3.05) is 86.3 Å². The van der Waals surface area contributed by atoms with Crippen molar-refractivity contribution in [2.24, 2.45) is 14.1 Å². The summed E-state index contributed by atoms with van der Waals surface area (Å²) < 4.78 is 6.83. The van der Waals surface area contributed by atoms with Crippen LogP contribution in [0.4, 0.5) is 33.0 Å². The third kappa shape index (κ3) is 16.5. The van der Waals surface area contributed by atoms with Crippen molar-refractivity contribution >= 4 is 104 Å². The topological polar surface area (TPSA) is 285 Å². The Morgan fingerprint density at radius 2 is 0.844 bits per heavy atom. The standard InChI is InChI=1S/C51H68N16O8S2/c1-32-42(76-50(56-32)54-30-68)48(74)60-36-24-40(46(72)58-34-22-38(64(7)26-34)44(70)52-16-14-18-62(3)4)66(28-36)20-12-10-9-11-13-21-67-29-37(61-49(75)43-33(2)57-51(77-43)55-31-69)25-41(67)47(73)59-35-23-39(65(8)27-35)45(71)53-17-15-19-63(5)6/h22-31H,9-21H2,1-8H3,(H,52,70)(H,53,71)(H,58,72)(H,59,73)(H,60,74)(H,61,75)(H,54,56,68)(H,55,57,69). The van der Waals surface area contributed by atoms with Gasteiger partial charge in [-0.3, -0.25) is 38.4 Å². The van der Waals surface area contributed by atoms with Gasteiger partial charge < -0.3 is 70.6 Å². The number of thiazole rings is 2. The molecular formula is C51H68N16O8S2. The molecular weight excluding hydrogens is 1030 g/mol. The largest absolute Gasteiger partial charge is 0.351 e. The van der Waals surface area contributed by atoms with E-state index in [1.165, 1.54) is 0 Å². The van der Waals surface area contributed by atoms with E-state index in [-0.39, 0.29) is 33.5 Å². The van der Waals surface area contributed by atoms with E-state index in [2.05, 4.69) is 52.5 Å². The lowest BCUT2D eigenvalue weighted by atomic mass is 10.1. The molecule has 0 aromatic carbocycles. The first kappa shape index (κ1) is 58.3. The summed E-state index contributed by atoms with van der Waals surface area (Å²) in [6, 6.07) is 6.38. The number of unbranched alkanes of at least 4 members (excludes halogenated alkanes) is 4. The van der Waals surface area contributed by atoms with Crippen LogP contribution in [0.1, 0.15) is 118 Å². The molecule has 0 aliphatic carbocycles. The van der Waals surface area contributed by atoms with Gasteiger partial charge in [0, 0.05) is 65.1 Å². The van der Waals surface area contributed by atoms with Gasteiger partial charge in [0.25, 0.3) is 35.4 Å². The van der Waals surface area contributed by atoms with Crippen LogP contribution in [-0.4, -0.2) is 141 Å². The van der Waals surface area contributed by atoms with Crippen molar-refractivity contribution in [1.82, 2.24) is 48.7 Å². The highest BCUT2D eigenvalue weighted by molar-refractivity contribution is 7.18. The Labute approximate surface area is 454 Å². The number of aryl methyl sites for hydroxylation is 6. The summed E-state index contributed by atoms with van der Waals surface area (Å²) in [7, 11) is 11.3. The molecule has 0 aliphatic heterocycles. The quantitative estimate of drug-likeness (QED) is 0.0201. The van der Waals surface area contributed by atoms with Gasteiger partial charge in [0.1, 0.15) is 32.5 Å². The molecule has 77 heavy (non-hydrogen) atoms. The van der Waals surface area contributed by atoms with Gasteiger partial charge in [0.05, 0.1) is 34.1 Å². The highest BCUT2D eigenvalue weighted by Crippen LogP contribution is 2.27. The van der Waals surface area contributed by atoms with E-state index in [1.54, 1.807) is 95.3 Å². The van der Waals surface area contributed by atoms with Crippen LogP contribution in [0.3, 0.4) is 0 Å². The lowest BCUT2D eigenvalue weighted by Crippen LogP contribution is -2.28. The zero-order chi connectivity index (χ0) is 55.8. The molecule has 6 heterocycles. The first-order valence-corrected chi connectivity index (χ1v) is 26.7. The number of hydrogen-bond donors (Lipinski definition) is 8. The first-order chi connectivity index (χ1) is 36.8. The SMILES string of the molecule is Cc1nc(NC=O)sc1C(=O)Nc1cc(C(=O)Nc2cc(C(=O)NCCCN(C)C)n(C)c2)n(CCCCCCCn2cc(NC(=O)c3sc(NC=O)nc3C)cc2C(=O)Nc2cc(C(=O)NCCCN(C)C)n(C)c2)c1. The minimum atomic E-state index is -0.456. The van der Waals surface area contributed by atoms with Crippen molar-refractivity contribution in [3.05, 3.63) is 93.0 Å². The summed E-state index contributed by atoms with van der Waals surface area (Å²) in [5.74, 6) is -2.35. The van der Waals surface area contributed by atoms with Crippen LogP contribution in [0.25, 0.3) is 0 Å². The van der Waals surface area contributed by atoms with E-state index in [0.29, 0.717) is 107 Å². The number of rotatable bonds is 30. The van der Waals surface area contributed by atoms with Crippen LogP contribution in [-0.2, 0) is 36.8 Å². The molecule has 0 aliphatic rings. The average Bonchev–Trinajstić information content (AvgIpc) is 4.24. The normalized spacial score (nSPS) is 11.1. The number of nitrogens with one attached hydrogen (secondary N) is 8. The Morgan fingerprint density at radius 3 is 1.22 bits per heavy atom. The van der Waals surface area contributed by atoms with Crippen LogP contribution in [0, 0.1) is 13.8 Å². The monoisotopic (exact) mass is 1100 g/mol. The summed E-state index contributed by atoms with van der Waals surface area (Å²) in [4.78, 5) is 116. The number of aromatic nitrogens is 6. The first-order valence-electron chi connectivity index (χ1n) is 25.0. The number of carbonyl (C=O) groups excluding carboxylic acids is 8. The summed E-state index contributed by atoms with van der Waals surface area (Å²) in [5, 5.41) is 22.9. The molecule has 6 aromatic heterocycles. The molecule has 0 atom stereocenters. The molecule has 0 radical (unpaired) electrons. The molecule has 6 aromatic rings. The van der Waals surface area contributed by atoms with Gasteiger partial charge in [-0.05, 0) is 105 Å². The molecule has 0 unspecified atom stereocenters. The van der Waals surface area contributed by atoms with E-state index in [0.717, 1.165) is 67.9 Å². The fraction of sp³-hybridized carbons (Fsp3) is 0.412. The Bertz CT molecular complexity index is 2870. The van der Waals surface area contributed by atoms with Gasteiger partial charge in [-0.1, -0.05) is 41.9 Å². The van der Waals surface area contributed by atoms with E-state index in [1.807, 2.05) is 38.0 Å². The van der Waals surface area contributed by atoms with Crippen molar-refractivity contribution < 1.29 is 38.4 Å². The lowest BCUT2D eigenvalue weighted by molar-refractivity contribution is -0.106. The zero-order valence-electron chi connectivity index (χ0n) is 44.6. The summed E-state index contributed by atoms with van der Waals surface area (Å²) in [6.45, 7) is 6.81. The minimum absolute atomic E-state index is 0.267. The molecule has 0 fully saturated rings. The Hall–Kier alpha value is -7.94. The fourth-order valence-corrected chi connectivity index (χ4v) is 9.94. The van der Waals surface area contributed by atoms with Gasteiger partial charge >= 0.3 is 0 Å². The number of anilines is 6. The van der Waals surface area contributed by atoms with E-state index >= 15 is 0 Å². The van der Waals surface area contributed by atoms with E-state index in [9.17, 15) is 38.4 Å². The van der Waals surface area contributed by atoms with Crippen molar-refractivity contribution in [2.45, 2.75) is 71.9 Å². The summed E-state index contributed by atoms with van der Waals surface area (Å²) in [5.41, 5.74) is 3.75. The number of amides is 8. The molecule has 412 valence electrons. The second-order valence-corrected chi connectivity index (χ2v) is 20.9. The predicted octanol–water partition coefficient (Wildman–Crippen LogP) is 5.66. The van der Waals surface area contributed by atoms with Crippen LogP contribution in [0.5, 0.6) is 0 Å². The van der Waals surface area contributed by atoms with Crippen molar-refractivity contribution in [3.63, 3.8) is 0 Å². The molecule has 26 heteroatoms. The van der Waals surface area contributed by atoms with Crippen LogP contribution in [0.15, 0.2) is 49.1 Å². The van der Waals surface area contributed by atoms with Crippen molar-refractivity contribution in [1.29, 1.82) is 0 Å². The number of hydrogen-bond acceptors (Lipinski definition) is 14. The Morgan fingerprint density at radius 1 is 0.494 bits per heavy atom. The molecule has 0 saturated carbocycles. The Balaban J connectivity index is 1.11. The van der Waals surface area contributed by atoms with Gasteiger partial charge in [-0.25, -0.2) is 9.97 Å². The van der Waals surface area contributed by atoms with Crippen LogP contribution < -0.4 is 42.5 Å².